The minimum absolute atomic E-state index is 0.385. The van der Waals surface area contributed by atoms with Gasteiger partial charge in [0, 0.05) is 29.6 Å². The number of aryl methyl sites for hydroxylation is 1. The molecule has 0 amide bonds. The SMILES string of the molecule is OC1CCn2c(cc3cc(C(F)(F)F)ccc32)C1. The van der Waals surface area contributed by atoms with E-state index in [0.29, 0.717) is 24.8 Å². The minimum atomic E-state index is -4.31. The summed E-state index contributed by atoms with van der Waals surface area (Å²) in [6.07, 6.45) is -3.53. The van der Waals surface area contributed by atoms with Crippen molar-refractivity contribution in [3.8, 4) is 0 Å². The molecule has 1 aromatic carbocycles. The van der Waals surface area contributed by atoms with Crippen molar-refractivity contribution in [2.45, 2.75) is 31.7 Å². The molecular weight excluding hydrogens is 243 g/mol. The first kappa shape index (κ1) is 11.6. The monoisotopic (exact) mass is 255 g/mol. The Morgan fingerprint density at radius 3 is 2.72 bits per heavy atom. The summed E-state index contributed by atoms with van der Waals surface area (Å²) in [5.74, 6) is 0. The van der Waals surface area contributed by atoms with Crippen LogP contribution in [-0.2, 0) is 19.1 Å². The van der Waals surface area contributed by atoms with Crippen LogP contribution in [0.25, 0.3) is 10.9 Å². The topological polar surface area (TPSA) is 25.2 Å². The van der Waals surface area contributed by atoms with Crippen molar-refractivity contribution in [2.24, 2.45) is 0 Å². The van der Waals surface area contributed by atoms with Crippen molar-refractivity contribution in [1.82, 2.24) is 4.57 Å². The van der Waals surface area contributed by atoms with Gasteiger partial charge < -0.3 is 9.67 Å². The molecule has 0 aliphatic carbocycles. The van der Waals surface area contributed by atoms with E-state index in [9.17, 15) is 18.3 Å². The van der Waals surface area contributed by atoms with Crippen LogP contribution in [0.4, 0.5) is 13.2 Å². The number of alkyl halides is 3. The second-order valence-electron chi connectivity index (χ2n) is 4.71. The number of rotatable bonds is 0. The Kier molecular flexibility index (Phi) is 2.41. The molecule has 0 spiro atoms. The highest BCUT2D eigenvalue weighted by atomic mass is 19.4. The molecule has 1 unspecified atom stereocenters. The van der Waals surface area contributed by atoms with Gasteiger partial charge in [0.2, 0.25) is 0 Å². The van der Waals surface area contributed by atoms with E-state index in [-0.39, 0.29) is 6.10 Å². The zero-order chi connectivity index (χ0) is 12.9. The predicted molar refractivity (Wildman–Crippen MR) is 61.3 cm³/mol. The van der Waals surface area contributed by atoms with Crippen LogP contribution in [0.1, 0.15) is 17.7 Å². The van der Waals surface area contributed by atoms with Crippen molar-refractivity contribution in [3.05, 3.63) is 35.5 Å². The van der Waals surface area contributed by atoms with Gasteiger partial charge in [-0.15, -0.1) is 0 Å². The molecule has 1 aliphatic rings. The molecule has 0 fully saturated rings. The highest BCUT2D eigenvalue weighted by Crippen LogP contribution is 2.33. The Hall–Kier alpha value is -1.49. The van der Waals surface area contributed by atoms with Gasteiger partial charge in [-0.1, -0.05) is 0 Å². The fraction of sp³-hybridized carbons (Fsp3) is 0.385. The molecule has 96 valence electrons. The van der Waals surface area contributed by atoms with Gasteiger partial charge in [0.15, 0.2) is 0 Å². The third kappa shape index (κ3) is 1.79. The first-order valence-corrected chi connectivity index (χ1v) is 5.82. The number of halogens is 3. The van der Waals surface area contributed by atoms with E-state index in [0.717, 1.165) is 17.3 Å². The molecule has 5 heteroatoms. The summed E-state index contributed by atoms with van der Waals surface area (Å²) < 4.78 is 39.8. The van der Waals surface area contributed by atoms with E-state index >= 15 is 0 Å². The van der Waals surface area contributed by atoms with E-state index in [4.69, 9.17) is 0 Å². The lowest BCUT2D eigenvalue weighted by atomic mass is 10.1. The van der Waals surface area contributed by atoms with E-state index in [1.54, 1.807) is 6.07 Å². The quantitative estimate of drug-likeness (QED) is 0.769. The molecule has 1 aliphatic heterocycles. The Balaban J connectivity index is 2.14. The van der Waals surface area contributed by atoms with Crippen molar-refractivity contribution in [1.29, 1.82) is 0 Å². The maximum Gasteiger partial charge on any atom is 0.416 e. The van der Waals surface area contributed by atoms with Crippen LogP contribution in [0.3, 0.4) is 0 Å². The average molecular weight is 255 g/mol. The van der Waals surface area contributed by atoms with Crippen LogP contribution in [0.2, 0.25) is 0 Å². The van der Waals surface area contributed by atoms with Crippen LogP contribution >= 0.6 is 0 Å². The van der Waals surface area contributed by atoms with Crippen molar-refractivity contribution >= 4 is 10.9 Å². The highest BCUT2D eigenvalue weighted by molar-refractivity contribution is 5.82. The van der Waals surface area contributed by atoms with Gasteiger partial charge in [-0.05, 0) is 30.7 Å². The number of hydrogen-bond donors (Lipinski definition) is 1. The summed E-state index contributed by atoms with van der Waals surface area (Å²) >= 11 is 0. The summed E-state index contributed by atoms with van der Waals surface area (Å²) in [6, 6.07) is 5.54. The predicted octanol–water partition coefficient (Wildman–Crippen LogP) is 2.97. The van der Waals surface area contributed by atoms with E-state index in [1.165, 1.54) is 12.1 Å². The highest BCUT2D eigenvalue weighted by Gasteiger charge is 2.31. The van der Waals surface area contributed by atoms with E-state index < -0.39 is 11.7 Å². The Bertz CT molecular complexity index is 600. The average Bonchev–Trinajstić information content (AvgIpc) is 2.63. The van der Waals surface area contributed by atoms with E-state index in [1.807, 2.05) is 4.57 Å². The minimum Gasteiger partial charge on any atom is -0.393 e. The first-order chi connectivity index (χ1) is 8.45. The van der Waals surface area contributed by atoms with Crippen molar-refractivity contribution in [2.75, 3.05) is 0 Å². The smallest absolute Gasteiger partial charge is 0.393 e. The third-order valence-electron chi connectivity index (χ3n) is 3.45. The third-order valence-corrected chi connectivity index (χ3v) is 3.45. The molecule has 0 radical (unpaired) electrons. The Morgan fingerprint density at radius 2 is 2.00 bits per heavy atom. The maximum atomic E-state index is 12.6. The second-order valence-corrected chi connectivity index (χ2v) is 4.71. The lowest BCUT2D eigenvalue weighted by molar-refractivity contribution is -0.137. The van der Waals surface area contributed by atoms with Crippen LogP contribution in [0.5, 0.6) is 0 Å². The fourth-order valence-electron chi connectivity index (χ4n) is 2.56. The molecular formula is C13H12F3NO. The van der Waals surface area contributed by atoms with Crippen molar-refractivity contribution in [3.63, 3.8) is 0 Å². The molecule has 1 atom stereocenters. The molecule has 1 aromatic heterocycles. The van der Waals surface area contributed by atoms with Crippen LogP contribution in [-0.4, -0.2) is 15.8 Å². The number of aliphatic hydroxyl groups is 1. The number of fused-ring (bicyclic) bond motifs is 3. The molecule has 2 aromatic rings. The Morgan fingerprint density at radius 1 is 1.22 bits per heavy atom. The second kappa shape index (κ2) is 3.75. The fourth-order valence-corrected chi connectivity index (χ4v) is 2.56. The molecule has 1 N–H and O–H groups in total. The first-order valence-electron chi connectivity index (χ1n) is 5.82. The number of aromatic nitrogens is 1. The van der Waals surface area contributed by atoms with E-state index in [2.05, 4.69) is 0 Å². The molecule has 0 bridgehead atoms. The number of aliphatic hydroxyl groups excluding tert-OH is 1. The van der Waals surface area contributed by atoms with Gasteiger partial charge in [-0.3, -0.25) is 0 Å². The molecule has 18 heavy (non-hydrogen) atoms. The summed E-state index contributed by atoms with van der Waals surface area (Å²) in [7, 11) is 0. The molecule has 0 saturated heterocycles. The van der Waals surface area contributed by atoms with Gasteiger partial charge in [-0.25, -0.2) is 0 Å². The molecule has 2 heterocycles. The van der Waals surface area contributed by atoms with Gasteiger partial charge >= 0.3 is 6.18 Å². The lowest BCUT2D eigenvalue weighted by Gasteiger charge is -2.20. The van der Waals surface area contributed by atoms with Crippen molar-refractivity contribution < 1.29 is 18.3 Å². The zero-order valence-electron chi connectivity index (χ0n) is 9.54. The lowest BCUT2D eigenvalue weighted by Crippen LogP contribution is -2.22. The molecule has 0 saturated carbocycles. The summed E-state index contributed by atoms with van der Waals surface area (Å²) in [6.45, 7) is 0.658. The van der Waals surface area contributed by atoms with Gasteiger partial charge in [0.25, 0.3) is 0 Å². The maximum absolute atomic E-state index is 12.6. The number of nitrogens with zero attached hydrogens (tertiary/aromatic N) is 1. The number of hydrogen-bond acceptors (Lipinski definition) is 1. The normalized spacial score (nSPS) is 20.1. The number of benzene rings is 1. The van der Waals surface area contributed by atoms with Gasteiger partial charge in [-0.2, -0.15) is 13.2 Å². The summed E-state index contributed by atoms with van der Waals surface area (Å²) in [5, 5.41) is 10.2. The molecule has 2 nitrogen and oxygen atoms in total. The molecule has 3 rings (SSSR count). The van der Waals surface area contributed by atoms with Gasteiger partial charge in [0.1, 0.15) is 0 Å². The van der Waals surface area contributed by atoms with Crippen LogP contribution < -0.4 is 0 Å². The summed E-state index contributed by atoms with van der Waals surface area (Å²) in [5.41, 5.74) is 1.09. The largest absolute Gasteiger partial charge is 0.416 e. The van der Waals surface area contributed by atoms with Crippen LogP contribution in [0, 0.1) is 0 Å². The van der Waals surface area contributed by atoms with Crippen LogP contribution in [0.15, 0.2) is 24.3 Å². The zero-order valence-corrected chi connectivity index (χ0v) is 9.54. The standard InChI is InChI=1S/C13H12F3NO/c14-13(15,16)9-1-2-12-8(5-9)6-10-7-11(18)3-4-17(10)12/h1-2,5-6,11,18H,3-4,7H2. The summed E-state index contributed by atoms with van der Waals surface area (Å²) in [4.78, 5) is 0. The van der Waals surface area contributed by atoms with Gasteiger partial charge in [0.05, 0.1) is 11.7 Å². The Labute approximate surface area is 102 Å².